The van der Waals surface area contributed by atoms with Crippen LogP contribution >= 0.6 is 44.6 Å². The predicted molar refractivity (Wildman–Crippen MR) is 328 cm³/mol. The first-order valence-electron chi connectivity index (χ1n) is 22.2. The van der Waals surface area contributed by atoms with Gasteiger partial charge in [0.15, 0.2) is 0 Å². The maximum Gasteiger partial charge on any atom is 0.488 e. The first-order valence-corrected chi connectivity index (χ1v) is 25.9. The molecular weight excluding hydrogens is 1110 g/mol. The van der Waals surface area contributed by atoms with E-state index in [2.05, 4.69) is 41.3 Å². The molecule has 0 unspecified atom stereocenters. The number of benzene rings is 4. The molecule has 0 fully saturated rings. The summed E-state index contributed by atoms with van der Waals surface area (Å²) in [5.41, 5.74) is 9.67. The zero-order chi connectivity index (χ0) is 55.4. The molecule has 0 aliphatic rings. The van der Waals surface area contributed by atoms with Crippen molar-refractivity contribution in [2.75, 3.05) is 42.7 Å². The summed E-state index contributed by atoms with van der Waals surface area (Å²) in [6, 6.07) is 44.9. The maximum atomic E-state index is 9.23. The summed E-state index contributed by atoms with van der Waals surface area (Å²) in [4.78, 5) is 16.8. The van der Waals surface area contributed by atoms with Gasteiger partial charge < -0.3 is 49.1 Å². The first kappa shape index (κ1) is 77.0. The molecule has 8 aromatic rings. The van der Waals surface area contributed by atoms with Gasteiger partial charge in [-0.05, 0) is 83.8 Å². The third kappa shape index (κ3) is 28.5. The normalized spacial score (nSPS) is 9.22. The Morgan fingerprint density at radius 1 is 0.481 bits per heavy atom. The van der Waals surface area contributed by atoms with Crippen LogP contribution in [0.2, 0.25) is 5.15 Å². The second-order valence-electron chi connectivity index (χ2n) is 14.4. The molecule has 0 aliphatic heterocycles. The Balaban J connectivity index is -0.000000892. The molecule has 4 aromatic heterocycles. The molecule has 430 valence electrons. The molecule has 5 N–H and O–H groups in total. The van der Waals surface area contributed by atoms with Crippen LogP contribution in [0, 0.1) is 0 Å². The average Bonchev–Trinajstić information content (AvgIpc) is 3.46. The highest BCUT2D eigenvalue weighted by atomic mass is 36.0. The van der Waals surface area contributed by atoms with Crippen LogP contribution in [0.1, 0.15) is 52.0 Å². The van der Waals surface area contributed by atoms with Crippen molar-refractivity contribution in [3.63, 3.8) is 0 Å². The van der Waals surface area contributed by atoms with Crippen molar-refractivity contribution in [3.05, 3.63) is 198 Å². The molecule has 4 heterocycles. The highest BCUT2D eigenvalue weighted by Crippen LogP contribution is 2.28. The minimum absolute atomic E-state index is 0. The molecule has 0 saturated carbocycles. The summed E-state index contributed by atoms with van der Waals surface area (Å²) >= 11 is 11.4. The largest absolute Gasteiger partial charge is 0.497 e. The molecule has 4 aromatic carbocycles. The number of hydrogen-bond acceptors (Lipinski definition) is 15. The van der Waals surface area contributed by atoms with E-state index in [1.165, 1.54) is 7.11 Å². The standard InChI is InChI=1S/C14H15NO2.C13H12ClNO.C13H13NO2.C7H9BO3.C6H6ClNO.CH4O.4CH4.Cl2OS/c1-16-10-12-6-4-8-15-14(12)11-5-3-7-13(9-11)17-2;1-16-12-6-2-4-10(8-12)13-11(9-14)5-3-7-15-13;1-16-12-6-2-4-10(8-12)13-11(9-15)5-3-7-14-13;1-11-7-4-2-3-6(5-7)8(9)10;7-6-5(4-9)2-1-3-8-6;1-2;;;;;1-4(2)3/h3-9H,10H2,1-2H3;2-8H,9H2,1H3;2-8,15H,9H2,1H3;2-5,9-10H,1H3;1-3,9H,4H2;2H,1H3;4*1H4;. The van der Waals surface area contributed by atoms with Gasteiger partial charge in [0.2, 0.25) is 9.23 Å². The number of rotatable bonds is 13. The fraction of sp³-hybridized carbons (Fsp3) is 0.241. The Hall–Kier alpha value is -6.19. The molecule has 0 spiro atoms. The van der Waals surface area contributed by atoms with Crippen molar-refractivity contribution >= 4 is 66.4 Å². The molecule has 0 saturated heterocycles. The van der Waals surface area contributed by atoms with Crippen LogP contribution in [0.3, 0.4) is 0 Å². The molecule has 21 heteroatoms. The van der Waals surface area contributed by atoms with Gasteiger partial charge in [-0.15, -0.1) is 11.6 Å². The lowest BCUT2D eigenvalue weighted by molar-refractivity contribution is 0.185. The zero-order valence-corrected chi connectivity index (χ0v) is 45.8. The number of alkyl halides is 1. The Bertz CT molecular complexity index is 2790. The minimum Gasteiger partial charge on any atom is -0.497 e. The molecule has 0 bridgehead atoms. The third-order valence-electron chi connectivity index (χ3n) is 9.72. The molecule has 8 rings (SSSR count). The van der Waals surface area contributed by atoms with E-state index in [0.29, 0.717) is 34.4 Å². The van der Waals surface area contributed by atoms with E-state index in [9.17, 15) is 5.11 Å². The van der Waals surface area contributed by atoms with Crippen molar-refractivity contribution in [2.24, 2.45) is 0 Å². The molecule has 0 aliphatic carbocycles. The summed E-state index contributed by atoms with van der Waals surface area (Å²) in [6.07, 6.45) is 6.86. The average molecular weight is 1190 g/mol. The number of halogens is 4. The molecule has 15 nitrogen and oxygen atoms in total. The van der Waals surface area contributed by atoms with E-state index in [-0.39, 0.29) is 42.9 Å². The minimum atomic E-state index is -1.67. The van der Waals surface area contributed by atoms with Crippen LogP contribution in [0.15, 0.2) is 170 Å². The highest BCUT2D eigenvalue weighted by Gasteiger charge is 2.11. The van der Waals surface area contributed by atoms with Gasteiger partial charge in [-0.3, -0.25) is 15.0 Å². The summed E-state index contributed by atoms with van der Waals surface area (Å²) in [7, 11) is 15.1. The van der Waals surface area contributed by atoms with Gasteiger partial charge in [-0.25, -0.2) is 9.19 Å². The fourth-order valence-corrected chi connectivity index (χ4v) is 6.65. The van der Waals surface area contributed by atoms with E-state index in [1.807, 2.05) is 109 Å². The second kappa shape index (κ2) is 45.7. The van der Waals surface area contributed by atoms with Gasteiger partial charge in [-0.1, -0.05) is 114 Å². The van der Waals surface area contributed by atoms with Crippen molar-refractivity contribution in [2.45, 2.75) is 55.4 Å². The molecule has 79 heavy (non-hydrogen) atoms. The Labute approximate surface area is 489 Å². The van der Waals surface area contributed by atoms with Gasteiger partial charge in [0.05, 0.1) is 65.3 Å². The van der Waals surface area contributed by atoms with Crippen molar-refractivity contribution in [1.82, 2.24) is 19.9 Å². The fourth-order valence-electron chi connectivity index (χ4n) is 6.25. The Kier molecular flexibility index (Phi) is 44.5. The second-order valence-corrected chi connectivity index (χ2v) is 17.5. The number of pyridine rings is 4. The quantitative estimate of drug-likeness (QED) is 0.0314. The summed E-state index contributed by atoms with van der Waals surface area (Å²) < 4.78 is 34.7. The van der Waals surface area contributed by atoms with Gasteiger partial charge in [0.25, 0.3) is 0 Å². The number of aromatic nitrogens is 4. The Morgan fingerprint density at radius 3 is 1.15 bits per heavy atom. The predicted octanol–water partition coefficient (Wildman–Crippen LogP) is 12.4. The number of aliphatic hydroxyl groups is 3. The lowest BCUT2D eigenvalue weighted by Gasteiger charge is -2.08. The van der Waals surface area contributed by atoms with Crippen LogP contribution in [0.25, 0.3) is 33.8 Å². The Morgan fingerprint density at radius 2 is 0.810 bits per heavy atom. The first-order chi connectivity index (χ1) is 36.4. The van der Waals surface area contributed by atoms with Gasteiger partial charge >= 0.3 is 7.12 Å². The highest BCUT2D eigenvalue weighted by molar-refractivity contribution is 8.26. The van der Waals surface area contributed by atoms with Crippen LogP contribution < -0.4 is 24.4 Å². The summed E-state index contributed by atoms with van der Waals surface area (Å²) in [5, 5.41) is 42.7. The van der Waals surface area contributed by atoms with Crippen LogP contribution in [-0.4, -0.2) is 99.3 Å². The molecule has 0 amide bonds. The number of ether oxygens (including phenoxy) is 5. The van der Waals surface area contributed by atoms with E-state index in [0.717, 1.165) is 74.8 Å². The van der Waals surface area contributed by atoms with Gasteiger partial charge in [0, 0.05) is 99.6 Å². The zero-order valence-electron chi connectivity index (χ0n) is 42.0. The topological polar surface area (TPSA) is 216 Å². The number of aliphatic hydroxyl groups excluding tert-OH is 3. The lowest BCUT2D eigenvalue weighted by atomic mass is 9.80. The van der Waals surface area contributed by atoms with E-state index >= 15 is 0 Å². The van der Waals surface area contributed by atoms with Crippen molar-refractivity contribution in [3.8, 4) is 56.8 Å². The van der Waals surface area contributed by atoms with Gasteiger partial charge in [-0.2, -0.15) is 0 Å². The van der Waals surface area contributed by atoms with E-state index in [4.69, 9.17) is 71.4 Å². The lowest BCUT2D eigenvalue weighted by Crippen LogP contribution is -2.29. The number of methoxy groups -OCH3 is 5. The summed E-state index contributed by atoms with van der Waals surface area (Å²) in [5.74, 6) is 3.52. The SMILES string of the molecule is C.C.C.C.CO.COCc1cccnc1-c1cccc(OC)c1.COc1cccc(-c2ncccc2CCl)c1.COc1cccc(-c2ncccc2CO)c1.COc1cccc(B(O)O)c1.O=S(Cl)Cl.OCc1cccnc1Cl. The van der Waals surface area contributed by atoms with Gasteiger partial charge in [0.1, 0.15) is 28.2 Å². The summed E-state index contributed by atoms with van der Waals surface area (Å²) in [6.45, 7) is 0.493. The molecule has 0 radical (unpaired) electrons. The number of nitrogens with zero attached hydrogens (tertiary/aromatic N) is 4. The van der Waals surface area contributed by atoms with E-state index < -0.39 is 16.3 Å². The third-order valence-corrected chi connectivity index (χ3v) is 10.3. The molecular formula is C58H75BCl4N4O11S. The van der Waals surface area contributed by atoms with Crippen LogP contribution in [0.4, 0.5) is 0 Å². The smallest absolute Gasteiger partial charge is 0.488 e. The van der Waals surface area contributed by atoms with Crippen LogP contribution in [-0.2, 0) is 39.7 Å². The maximum absolute atomic E-state index is 9.23. The monoisotopic (exact) mass is 1190 g/mol. The van der Waals surface area contributed by atoms with E-state index in [1.54, 1.807) is 89.6 Å². The van der Waals surface area contributed by atoms with Crippen molar-refractivity contribution < 1.29 is 53.3 Å². The number of hydrogen-bond donors (Lipinski definition) is 5. The molecule has 0 atom stereocenters. The van der Waals surface area contributed by atoms with Crippen LogP contribution in [0.5, 0.6) is 23.0 Å². The van der Waals surface area contributed by atoms with Crippen molar-refractivity contribution in [1.29, 1.82) is 0 Å².